The molecule has 126 valence electrons. The van der Waals surface area contributed by atoms with Crippen LogP contribution in [0.1, 0.15) is 16.8 Å². The maximum absolute atomic E-state index is 13.4. The van der Waals surface area contributed by atoms with E-state index < -0.39 is 11.7 Å². The minimum absolute atomic E-state index is 0.0138. The average Bonchev–Trinajstić information content (AvgIpc) is 2.60. The molecule has 0 radical (unpaired) electrons. The number of hydrogen-bond donors (Lipinski definition) is 2. The zero-order chi connectivity index (χ0) is 17.2. The summed E-state index contributed by atoms with van der Waals surface area (Å²) in [5.74, 6) is -0.541. The van der Waals surface area contributed by atoms with Crippen LogP contribution in [0.2, 0.25) is 0 Å². The molecule has 2 N–H and O–H groups in total. The summed E-state index contributed by atoms with van der Waals surface area (Å²) >= 11 is 0. The van der Waals surface area contributed by atoms with Crippen LogP contribution in [-0.4, -0.2) is 31.5 Å². The minimum Gasteiger partial charge on any atom is -0.493 e. The van der Waals surface area contributed by atoms with Gasteiger partial charge in [-0.25, -0.2) is 4.39 Å². The Bertz CT molecular complexity index is 677. The second-order valence-corrected chi connectivity index (χ2v) is 5.00. The fraction of sp³-hybridized carbons (Fsp3) is 0.222. The van der Waals surface area contributed by atoms with E-state index in [2.05, 4.69) is 10.6 Å². The molecule has 0 saturated carbocycles. The summed E-state index contributed by atoms with van der Waals surface area (Å²) in [5, 5.41) is 5.22. The second-order valence-electron chi connectivity index (χ2n) is 5.00. The van der Waals surface area contributed by atoms with Gasteiger partial charge in [0.15, 0.2) is 0 Å². The molecule has 5 nitrogen and oxygen atoms in total. The Labute approximate surface area is 139 Å². The molecule has 6 heteroatoms. The molecule has 0 spiro atoms. The topological polar surface area (TPSA) is 67.4 Å². The third-order valence-electron chi connectivity index (χ3n) is 3.19. The third-order valence-corrected chi connectivity index (χ3v) is 3.19. The molecule has 2 rings (SSSR count). The zero-order valence-electron chi connectivity index (χ0n) is 13.1. The molecule has 0 bridgehead atoms. The molecule has 24 heavy (non-hydrogen) atoms. The Balaban J connectivity index is 1.59. The lowest BCUT2D eigenvalue weighted by Crippen LogP contribution is -2.35. The number of benzene rings is 2. The van der Waals surface area contributed by atoms with Crippen molar-refractivity contribution >= 4 is 11.8 Å². The summed E-state index contributed by atoms with van der Waals surface area (Å²) in [6, 6.07) is 15.0. The van der Waals surface area contributed by atoms with Gasteiger partial charge in [-0.2, -0.15) is 0 Å². The molecule has 0 unspecified atom stereocenters. The number of carbonyl (C=O) groups is 2. The first-order valence-corrected chi connectivity index (χ1v) is 7.64. The number of nitrogens with one attached hydrogen (secondary N) is 2. The fourth-order valence-corrected chi connectivity index (χ4v) is 1.99. The van der Waals surface area contributed by atoms with Crippen LogP contribution in [0.15, 0.2) is 54.6 Å². The first-order chi connectivity index (χ1) is 11.7. The van der Waals surface area contributed by atoms with Crippen LogP contribution in [-0.2, 0) is 4.79 Å². The number of halogens is 1. The van der Waals surface area contributed by atoms with E-state index in [1.54, 1.807) is 6.07 Å². The van der Waals surface area contributed by atoms with Gasteiger partial charge in [0.25, 0.3) is 5.91 Å². The average molecular weight is 330 g/mol. The Morgan fingerprint density at radius 3 is 2.33 bits per heavy atom. The monoisotopic (exact) mass is 330 g/mol. The van der Waals surface area contributed by atoms with Gasteiger partial charge in [0.1, 0.15) is 11.6 Å². The molecule has 0 aromatic heterocycles. The summed E-state index contributed by atoms with van der Waals surface area (Å²) in [6.07, 6.45) is 0.218. The third kappa shape index (κ3) is 5.72. The lowest BCUT2D eigenvalue weighted by Gasteiger charge is -2.08. The molecule has 2 aromatic carbocycles. The van der Waals surface area contributed by atoms with Crippen LogP contribution >= 0.6 is 0 Å². The van der Waals surface area contributed by atoms with Gasteiger partial charge >= 0.3 is 0 Å². The number of hydrogen-bond acceptors (Lipinski definition) is 3. The van der Waals surface area contributed by atoms with E-state index in [1.807, 2.05) is 30.3 Å². The van der Waals surface area contributed by atoms with Gasteiger partial charge in [0.2, 0.25) is 5.91 Å². The van der Waals surface area contributed by atoms with Crippen LogP contribution in [0.4, 0.5) is 4.39 Å². The Morgan fingerprint density at radius 1 is 0.917 bits per heavy atom. The SMILES string of the molecule is O=C(CCOc1ccccc1)NCCNC(=O)c1ccccc1F. The van der Waals surface area contributed by atoms with E-state index >= 15 is 0 Å². The van der Waals surface area contributed by atoms with Crippen molar-refractivity contribution in [1.29, 1.82) is 0 Å². The van der Waals surface area contributed by atoms with Crippen LogP contribution < -0.4 is 15.4 Å². The maximum Gasteiger partial charge on any atom is 0.254 e. The molecule has 0 fully saturated rings. The first kappa shape index (κ1) is 17.5. The van der Waals surface area contributed by atoms with Crippen molar-refractivity contribution in [3.05, 3.63) is 66.0 Å². The molecule has 0 aliphatic rings. The van der Waals surface area contributed by atoms with Crippen molar-refractivity contribution < 1.29 is 18.7 Å². The minimum atomic E-state index is -0.572. The van der Waals surface area contributed by atoms with E-state index in [9.17, 15) is 14.0 Å². The lowest BCUT2D eigenvalue weighted by molar-refractivity contribution is -0.121. The van der Waals surface area contributed by atoms with Gasteiger partial charge in [-0.15, -0.1) is 0 Å². The molecule has 0 heterocycles. The van der Waals surface area contributed by atoms with Gasteiger partial charge < -0.3 is 15.4 Å². The molecule has 0 saturated heterocycles. The highest BCUT2D eigenvalue weighted by Gasteiger charge is 2.09. The first-order valence-electron chi connectivity index (χ1n) is 7.64. The molecular weight excluding hydrogens is 311 g/mol. The Kier molecular flexibility index (Phi) is 6.76. The van der Waals surface area contributed by atoms with Crippen LogP contribution in [0.3, 0.4) is 0 Å². The van der Waals surface area contributed by atoms with Gasteiger partial charge in [0, 0.05) is 13.1 Å². The van der Waals surface area contributed by atoms with E-state index in [4.69, 9.17) is 4.74 Å². The standard InChI is InChI=1S/C18H19FN2O3/c19-16-9-5-4-8-15(16)18(23)21-12-11-20-17(22)10-13-24-14-6-2-1-3-7-14/h1-9H,10-13H2,(H,20,22)(H,21,23). The van der Waals surface area contributed by atoms with Gasteiger partial charge in [-0.3, -0.25) is 9.59 Å². The number of amides is 2. The fourth-order valence-electron chi connectivity index (χ4n) is 1.99. The highest BCUT2D eigenvalue weighted by Crippen LogP contribution is 2.08. The quantitative estimate of drug-likeness (QED) is 0.729. The number of carbonyl (C=O) groups excluding carboxylic acids is 2. The highest BCUT2D eigenvalue weighted by atomic mass is 19.1. The number of rotatable bonds is 8. The summed E-state index contributed by atoms with van der Waals surface area (Å²) in [6.45, 7) is 0.764. The molecule has 0 aliphatic heterocycles. The van der Waals surface area contributed by atoms with Crippen LogP contribution in [0, 0.1) is 5.82 Å². The predicted octanol–water partition coefficient (Wildman–Crippen LogP) is 2.14. The van der Waals surface area contributed by atoms with Crippen molar-refractivity contribution in [3.8, 4) is 5.75 Å². The smallest absolute Gasteiger partial charge is 0.254 e. The Hall–Kier alpha value is -2.89. The van der Waals surface area contributed by atoms with Crippen LogP contribution in [0.25, 0.3) is 0 Å². The summed E-state index contributed by atoms with van der Waals surface area (Å²) in [7, 11) is 0. The van der Waals surface area contributed by atoms with Crippen molar-refractivity contribution in [3.63, 3.8) is 0 Å². The zero-order valence-corrected chi connectivity index (χ0v) is 13.1. The second kappa shape index (κ2) is 9.29. The van der Waals surface area contributed by atoms with E-state index in [0.717, 1.165) is 0 Å². The van der Waals surface area contributed by atoms with Gasteiger partial charge in [-0.1, -0.05) is 30.3 Å². The molecule has 0 aliphatic carbocycles. The molecule has 2 aromatic rings. The van der Waals surface area contributed by atoms with Crippen LogP contribution in [0.5, 0.6) is 5.75 Å². The van der Waals surface area contributed by atoms with E-state index in [1.165, 1.54) is 18.2 Å². The van der Waals surface area contributed by atoms with Crippen molar-refractivity contribution in [2.75, 3.05) is 19.7 Å². The summed E-state index contributed by atoms with van der Waals surface area (Å²) < 4.78 is 18.8. The molecular formula is C18H19FN2O3. The molecule has 0 atom stereocenters. The van der Waals surface area contributed by atoms with Gasteiger partial charge in [-0.05, 0) is 24.3 Å². The van der Waals surface area contributed by atoms with Gasteiger partial charge in [0.05, 0.1) is 18.6 Å². The van der Waals surface area contributed by atoms with Crippen molar-refractivity contribution in [2.24, 2.45) is 0 Å². The van der Waals surface area contributed by atoms with Crippen molar-refractivity contribution in [1.82, 2.24) is 10.6 Å². The highest BCUT2D eigenvalue weighted by molar-refractivity contribution is 5.94. The Morgan fingerprint density at radius 2 is 1.58 bits per heavy atom. The number of para-hydroxylation sites is 1. The lowest BCUT2D eigenvalue weighted by atomic mass is 10.2. The predicted molar refractivity (Wildman–Crippen MR) is 88.3 cm³/mol. The maximum atomic E-state index is 13.4. The summed E-state index contributed by atoms with van der Waals surface area (Å²) in [4.78, 5) is 23.4. The van der Waals surface area contributed by atoms with E-state index in [-0.39, 0.29) is 37.6 Å². The molecule has 2 amide bonds. The summed E-state index contributed by atoms with van der Waals surface area (Å²) in [5.41, 5.74) is -0.0138. The van der Waals surface area contributed by atoms with E-state index in [0.29, 0.717) is 5.75 Å². The number of ether oxygens (including phenoxy) is 1. The normalized spacial score (nSPS) is 10.0. The largest absolute Gasteiger partial charge is 0.493 e. The van der Waals surface area contributed by atoms with Crippen molar-refractivity contribution in [2.45, 2.75) is 6.42 Å².